The summed E-state index contributed by atoms with van der Waals surface area (Å²) in [5, 5.41) is 7.89. The van der Waals surface area contributed by atoms with Gasteiger partial charge in [-0.25, -0.2) is 18.8 Å². The lowest BCUT2D eigenvalue weighted by Gasteiger charge is -2.32. The molecule has 6 nitrogen and oxygen atoms in total. The fourth-order valence-corrected chi connectivity index (χ4v) is 3.72. The summed E-state index contributed by atoms with van der Waals surface area (Å²) in [6.45, 7) is 4.56. The van der Waals surface area contributed by atoms with Gasteiger partial charge in [0, 0.05) is 45.2 Å². The maximum absolute atomic E-state index is 12.6. The number of para-hydroxylation sites is 1. The van der Waals surface area contributed by atoms with Crippen LogP contribution in [0.5, 0.6) is 0 Å². The van der Waals surface area contributed by atoms with Gasteiger partial charge in [-0.1, -0.05) is 18.2 Å². The molecule has 1 aromatic carbocycles. The van der Waals surface area contributed by atoms with Gasteiger partial charge in [-0.3, -0.25) is 4.90 Å². The van der Waals surface area contributed by atoms with Crippen LogP contribution in [0.3, 0.4) is 0 Å². The van der Waals surface area contributed by atoms with Crippen LogP contribution in [-0.2, 0) is 6.54 Å². The number of rotatable bonds is 7. The lowest BCUT2D eigenvalue weighted by Crippen LogP contribution is -2.49. The summed E-state index contributed by atoms with van der Waals surface area (Å²) in [6, 6.07) is 10.4. The number of pyridine rings is 1. The van der Waals surface area contributed by atoms with Crippen LogP contribution < -0.4 is 15.5 Å². The molecule has 1 aliphatic rings. The summed E-state index contributed by atoms with van der Waals surface area (Å²) in [5.74, 6) is 1.67. The van der Waals surface area contributed by atoms with Crippen molar-refractivity contribution in [3.05, 3.63) is 35.9 Å². The minimum atomic E-state index is -2.27. The monoisotopic (exact) mass is 418 g/mol. The molecule has 2 N–H and O–H groups in total. The first-order chi connectivity index (χ1) is 14.5. The molecule has 164 valence electrons. The Labute approximate surface area is 177 Å². The zero-order chi connectivity index (χ0) is 21.5. The molecule has 0 atom stereocenters. The smallest absolute Gasteiger partial charge is 0.251 e. The van der Waals surface area contributed by atoms with Crippen molar-refractivity contribution in [2.75, 3.05) is 45.2 Å². The predicted molar refractivity (Wildman–Crippen MR) is 119 cm³/mol. The Morgan fingerprint density at radius 1 is 1.27 bits per heavy atom. The fraction of sp³-hybridized carbons (Fsp3) is 0.545. The second kappa shape index (κ2) is 10.5. The number of guanidine groups is 1. The maximum Gasteiger partial charge on any atom is 0.251 e. The number of anilines is 1. The zero-order valence-electron chi connectivity index (χ0n) is 18.0. The topological polar surface area (TPSA) is 55.8 Å². The first kappa shape index (κ1) is 22.2. The van der Waals surface area contributed by atoms with Gasteiger partial charge in [0.05, 0.1) is 18.6 Å². The molecule has 1 aliphatic heterocycles. The first-order valence-corrected chi connectivity index (χ1v) is 10.6. The number of halogens is 2. The fourth-order valence-electron chi connectivity index (χ4n) is 3.72. The van der Waals surface area contributed by atoms with Gasteiger partial charge >= 0.3 is 0 Å². The number of benzene rings is 1. The van der Waals surface area contributed by atoms with Crippen molar-refractivity contribution in [3.63, 3.8) is 0 Å². The molecule has 2 heterocycles. The van der Waals surface area contributed by atoms with Crippen LogP contribution >= 0.6 is 0 Å². The SMILES string of the molecule is CCNC(=NCc1cc(N(C)C)nc2ccccc12)NC1CCN(CC(F)F)CC1. The Balaban J connectivity index is 1.71. The number of aliphatic imine (C=N–C) groups is 1. The van der Waals surface area contributed by atoms with Crippen molar-refractivity contribution in [2.24, 2.45) is 4.99 Å². The standard InChI is InChI=1S/C22H32F2N6/c1-4-25-22(27-17-9-11-30(12-10-17)15-20(23)24)26-14-16-13-21(29(2)3)28-19-8-6-5-7-18(16)19/h5-8,13,17,20H,4,9-12,14-15H2,1-3H3,(H2,25,26,27). The molecule has 0 radical (unpaired) electrons. The molecule has 1 fully saturated rings. The highest BCUT2D eigenvalue weighted by Gasteiger charge is 2.22. The van der Waals surface area contributed by atoms with E-state index in [2.05, 4.69) is 22.8 Å². The number of fused-ring (bicyclic) bond motifs is 1. The van der Waals surface area contributed by atoms with Gasteiger partial charge in [-0.2, -0.15) is 0 Å². The third-order valence-corrected chi connectivity index (χ3v) is 5.32. The third-order valence-electron chi connectivity index (χ3n) is 5.32. The van der Waals surface area contributed by atoms with Gasteiger partial charge in [0.25, 0.3) is 6.43 Å². The second-order valence-electron chi connectivity index (χ2n) is 7.86. The van der Waals surface area contributed by atoms with E-state index < -0.39 is 6.43 Å². The number of aromatic nitrogens is 1. The van der Waals surface area contributed by atoms with E-state index in [1.54, 1.807) is 0 Å². The number of hydrogen-bond donors (Lipinski definition) is 2. The highest BCUT2D eigenvalue weighted by Crippen LogP contribution is 2.22. The molecule has 1 aromatic heterocycles. The van der Waals surface area contributed by atoms with Crippen molar-refractivity contribution in [3.8, 4) is 0 Å². The van der Waals surface area contributed by atoms with E-state index >= 15 is 0 Å². The van der Waals surface area contributed by atoms with Crippen molar-refractivity contribution < 1.29 is 8.78 Å². The van der Waals surface area contributed by atoms with E-state index in [4.69, 9.17) is 9.98 Å². The molecular formula is C22H32F2N6. The van der Waals surface area contributed by atoms with Crippen LogP contribution in [0.25, 0.3) is 10.9 Å². The van der Waals surface area contributed by atoms with Gasteiger partial charge in [0.15, 0.2) is 5.96 Å². The van der Waals surface area contributed by atoms with E-state index in [0.29, 0.717) is 19.6 Å². The quantitative estimate of drug-likeness (QED) is 0.535. The van der Waals surface area contributed by atoms with Gasteiger partial charge < -0.3 is 15.5 Å². The van der Waals surface area contributed by atoms with Crippen molar-refractivity contribution in [1.82, 2.24) is 20.5 Å². The summed E-state index contributed by atoms with van der Waals surface area (Å²) in [6.07, 6.45) is -0.601. The highest BCUT2D eigenvalue weighted by molar-refractivity contribution is 5.85. The summed E-state index contributed by atoms with van der Waals surface area (Å²) in [4.78, 5) is 13.3. The average molecular weight is 419 g/mol. The Hall–Kier alpha value is -2.48. The predicted octanol–water partition coefficient (Wildman–Crippen LogP) is 3.09. The minimum absolute atomic E-state index is 0.135. The normalized spacial score (nSPS) is 16.3. The molecule has 1 saturated heterocycles. The Morgan fingerprint density at radius 2 is 2.00 bits per heavy atom. The van der Waals surface area contributed by atoms with Gasteiger partial charge in [-0.15, -0.1) is 0 Å². The lowest BCUT2D eigenvalue weighted by atomic mass is 10.1. The minimum Gasteiger partial charge on any atom is -0.363 e. The van der Waals surface area contributed by atoms with E-state index in [0.717, 1.165) is 47.6 Å². The van der Waals surface area contributed by atoms with Crippen LogP contribution in [0.1, 0.15) is 25.3 Å². The highest BCUT2D eigenvalue weighted by atomic mass is 19.3. The molecule has 0 saturated carbocycles. The van der Waals surface area contributed by atoms with Crippen LogP contribution in [0.4, 0.5) is 14.6 Å². The molecule has 0 bridgehead atoms. The Morgan fingerprint density at radius 3 is 2.67 bits per heavy atom. The Bertz CT molecular complexity index is 847. The molecule has 2 aromatic rings. The number of nitrogens with one attached hydrogen (secondary N) is 2. The van der Waals surface area contributed by atoms with Crippen molar-refractivity contribution in [1.29, 1.82) is 0 Å². The summed E-state index contributed by atoms with van der Waals surface area (Å²) < 4.78 is 25.2. The van der Waals surface area contributed by atoms with Crippen LogP contribution in [0, 0.1) is 0 Å². The van der Waals surface area contributed by atoms with E-state index in [1.165, 1.54) is 0 Å². The van der Waals surface area contributed by atoms with Gasteiger partial charge in [0.1, 0.15) is 5.82 Å². The summed E-state index contributed by atoms with van der Waals surface area (Å²) >= 11 is 0. The molecular weight excluding hydrogens is 386 g/mol. The largest absolute Gasteiger partial charge is 0.363 e. The Kier molecular flexibility index (Phi) is 7.79. The lowest BCUT2D eigenvalue weighted by molar-refractivity contribution is 0.0744. The zero-order valence-corrected chi connectivity index (χ0v) is 18.0. The second-order valence-corrected chi connectivity index (χ2v) is 7.86. The van der Waals surface area contributed by atoms with Crippen molar-refractivity contribution >= 4 is 22.7 Å². The maximum atomic E-state index is 12.6. The van der Waals surface area contributed by atoms with Crippen molar-refractivity contribution in [2.45, 2.75) is 38.8 Å². The van der Waals surface area contributed by atoms with Crippen LogP contribution in [0.15, 0.2) is 35.3 Å². The number of likely N-dealkylation sites (tertiary alicyclic amines) is 1. The number of nitrogens with zero attached hydrogens (tertiary/aromatic N) is 4. The average Bonchev–Trinajstić information content (AvgIpc) is 2.72. The molecule has 3 rings (SSSR count). The first-order valence-electron chi connectivity index (χ1n) is 10.6. The molecule has 0 spiro atoms. The molecule has 0 aliphatic carbocycles. The van der Waals surface area contributed by atoms with E-state index in [1.807, 2.05) is 49.0 Å². The van der Waals surface area contributed by atoms with Crippen LogP contribution in [0.2, 0.25) is 0 Å². The number of alkyl halides is 2. The van der Waals surface area contributed by atoms with Gasteiger partial charge in [-0.05, 0) is 37.5 Å². The summed E-state index contributed by atoms with van der Waals surface area (Å²) in [5.41, 5.74) is 2.08. The third kappa shape index (κ3) is 6.01. The number of piperidine rings is 1. The molecule has 0 amide bonds. The van der Waals surface area contributed by atoms with E-state index in [9.17, 15) is 8.78 Å². The van der Waals surface area contributed by atoms with Gasteiger partial charge in [0.2, 0.25) is 0 Å². The molecule has 30 heavy (non-hydrogen) atoms. The molecule has 0 unspecified atom stereocenters. The summed E-state index contributed by atoms with van der Waals surface area (Å²) in [7, 11) is 3.96. The number of hydrogen-bond acceptors (Lipinski definition) is 4. The van der Waals surface area contributed by atoms with Crippen LogP contribution in [-0.4, -0.2) is 68.6 Å². The molecule has 8 heteroatoms. The van der Waals surface area contributed by atoms with E-state index in [-0.39, 0.29) is 12.6 Å².